The summed E-state index contributed by atoms with van der Waals surface area (Å²) in [6, 6.07) is 8.03. The summed E-state index contributed by atoms with van der Waals surface area (Å²) in [6.45, 7) is 8.17. The number of rotatable bonds is 9. The van der Waals surface area contributed by atoms with Crippen LogP contribution in [0, 0.1) is 0 Å². The molecule has 0 aromatic heterocycles. The molecule has 1 aliphatic heterocycles. The maximum absolute atomic E-state index is 12.7. The van der Waals surface area contributed by atoms with Crippen LogP contribution in [0.15, 0.2) is 55.6 Å². The molecule has 1 fully saturated rings. The quantitative estimate of drug-likeness (QED) is 0.391. The van der Waals surface area contributed by atoms with E-state index < -0.39 is 42.5 Å². The lowest BCUT2D eigenvalue weighted by atomic mass is 9.92. The van der Waals surface area contributed by atoms with Crippen molar-refractivity contribution in [2.45, 2.75) is 12.5 Å². The van der Waals surface area contributed by atoms with Gasteiger partial charge >= 0.3 is 12.0 Å². The molecule has 1 atom stereocenters. The van der Waals surface area contributed by atoms with Crippen LogP contribution in [0.2, 0.25) is 0 Å². The Labute approximate surface area is 163 Å². The Balaban J connectivity index is 1.97. The second-order valence-corrected chi connectivity index (χ2v) is 6.35. The fraction of sp³-hybridized carbons (Fsp3) is 0.300. The zero-order chi connectivity index (χ0) is 20.7. The van der Waals surface area contributed by atoms with E-state index in [0.717, 1.165) is 4.90 Å². The van der Waals surface area contributed by atoms with Crippen molar-refractivity contribution in [3.05, 3.63) is 61.2 Å². The maximum atomic E-state index is 12.7. The predicted molar refractivity (Wildman–Crippen MR) is 102 cm³/mol. The SMILES string of the molecule is C=CCN(CC=C)C(=O)COC(=O)CN1C(=O)N[C@@](C)(c2ccccc2)C1=O. The van der Waals surface area contributed by atoms with Gasteiger partial charge in [0.15, 0.2) is 6.61 Å². The van der Waals surface area contributed by atoms with Gasteiger partial charge in [0.05, 0.1) is 0 Å². The van der Waals surface area contributed by atoms with Crippen molar-refractivity contribution in [2.75, 3.05) is 26.2 Å². The van der Waals surface area contributed by atoms with E-state index in [4.69, 9.17) is 4.74 Å². The van der Waals surface area contributed by atoms with Crippen molar-refractivity contribution in [1.82, 2.24) is 15.1 Å². The van der Waals surface area contributed by atoms with Crippen LogP contribution in [-0.2, 0) is 24.7 Å². The fourth-order valence-corrected chi connectivity index (χ4v) is 2.81. The number of imide groups is 1. The lowest BCUT2D eigenvalue weighted by Gasteiger charge is -2.22. The number of amides is 4. The number of ether oxygens (including phenoxy) is 1. The minimum absolute atomic E-state index is 0.283. The summed E-state index contributed by atoms with van der Waals surface area (Å²) in [5, 5.41) is 2.60. The molecule has 1 aliphatic rings. The third-order valence-electron chi connectivity index (χ3n) is 4.32. The van der Waals surface area contributed by atoms with Crippen LogP contribution in [0.25, 0.3) is 0 Å². The van der Waals surface area contributed by atoms with E-state index in [0.29, 0.717) is 5.56 Å². The number of nitrogens with zero attached hydrogens (tertiary/aromatic N) is 2. The van der Waals surface area contributed by atoms with Crippen LogP contribution in [-0.4, -0.2) is 59.9 Å². The first kappa shape index (κ1) is 20.9. The predicted octanol–water partition coefficient (Wildman–Crippen LogP) is 1.20. The first-order valence-corrected chi connectivity index (χ1v) is 8.68. The number of urea groups is 1. The highest BCUT2D eigenvalue weighted by molar-refractivity contribution is 6.08. The molecule has 0 spiro atoms. The lowest BCUT2D eigenvalue weighted by molar-refractivity contribution is -0.153. The molecule has 0 radical (unpaired) electrons. The average molecular weight is 385 g/mol. The van der Waals surface area contributed by atoms with Gasteiger partial charge in [0.2, 0.25) is 0 Å². The Bertz CT molecular complexity index is 782. The fourth-order valence-electron chi connectivity index (χ4n) is 2.81. The van der Waals surface area contributed by atoms with E-state index in [1.807, 2.05) is 0 Å². The maximum Gasteiger partial charge on any atom is 0.326 e. The van der Waals surface area contributed by atoms with Crippen LogP contribution in [0.5, 0.6) is 0 Å². The van der Waals surface area contributed by atoms with Crippen molar-refractivity contribution in [2.24, 2.45) is 0 Å². The highest BCUT2D eigenvalue weighted by atomic mass is 16.5. The van der Waals surface area contributed by atoms with E-state index in [2.05, 4.69) is 18.5 Å². The zero-order valence-corrected chi connectivity index (χ0v) is 15.7. The Hall–Kier alpha value is -3.42. The Morgan fingerprint density at radius 3 is 2.36 bits per heavy atom. The highest BCUT2D eigenvalue weighted by Crippen LogP contribution is 2.28. The minimum atomic E-state index is -1.26. The summed E-state index contributed by atoms with van der Waals surface area (Å²) in [7, 11) is 0. The molecule has 8 heteroatoms. The zero-order valence-electron chi connectivity index (χ0n) is 15.7. The number of hydrogen-bond donors (Lipinski definition) is 1. The van der Waals surface area contributed by atoms with Gasteiger partial charge in [-0.15, -0.1) is 13.2 Å². The van der Waals surface area contributed by atoms with Crippen LogP contribution < -0.4 is 5.32 Å². The molecule has 0 aliphatic carbocycles. The molecule has 1 N–H and O–H groups in total. The molecule has 1 saturated heterocycles. The highest BCUT2D eigenvalue weighted by Gasteiger charge is 2.49. The van der Waals surface area contributed by atoms with Gasteiger partial charge in [0, 0.05) is 13.1 Å². The van der Waals surface area contributed by atoms with Gasteiger partial charge in [-0.3, -0.25) is 19.3 Å². The number of hydrogen-bond acceptors (Lipinski definition) is 5. The molecule has 2 rings (SSSR count). The molecular formula is C20H23N3O5. The monoisotopic (exact) mass is 385 g/mol. The van der Waals surface area contributed by atoms with Crippen molar-refractivity contribution in [3.8, 4) is 0 Å². The largest absolute Gasteiger partial charge is 0.454 e. The van der Waals surface area contributed by atoms with Crippen LogP contribution in [0.4, 0.5) is 4.79 Å². The lowest BCUT2D eigenvalue weighted by Crippen LogP contribution is -2.42. The summed E-state index contributed by atoms with van der Waals surface area (Å²) < 4.78 is 4.94. The Morgan fingerprint density at radius 1 is 1.18 bits per heavy atom. The molecule has 148 valence electrons. The van der Waals surface area contributed by atoms with Gasteiger partial charge in [-0.25, -0.2) is 4.79 Å². The van der Waals surface area contributed by atoms with E-state index in [9.17, 15) is 19.2 Å². The van der Waals surface area contributed by atoms with E-state index >= 15 is 0 Å². The molecule has 0 saturated carbocycles. The summed E-state index contributed by atoms with van der Waals surface area (Å²) in [5.74, 6) is -1.85. The second kappa shape index (κ2) is 8.98. The number of nitrogens with one attached hydrogen (secondary N) is 1. The van der Waals surface area contributed by atoms with Crippen molar-refractivity contribution in [3.63, 3.8) is 0 Å². The summed E-state index contributed by atoms with van der Waals surface area (Å²) in [5.41, 5.74) is -0.664. The third kappa shape index (κ3) is 4.46. The van der Waals surface area contributed by atoms with Gasteiger partial charge in [-0.05, 0) is 12.5 Å². The number of carbonyl (C=O) groups is 4. The normalized spacial score (nSPS) is 18.4. The molecule has 1 aromatic rings. The molecule has 0 bridgehead atoms. The molecule has 1 heterocycles. The number of carbonyl (C=O) groups excluding carboxylic acids is 4. The smallest absolute Gasteiger partial charge is 0.326 e. The van der Waals surface area contributed by atoms with Gasteiger partial charge in [0.1, 0.15) is 12.1 Å². The summed E-state index contributed by atoms with van der Waals surface area (Å²) in [4.78, 5) is 51.3. The number of benzene rings is 1. The van der Waals surface area contributed by atoms with E-state index in [-0.39, 0.29) is 13.1 Å². The first-order chi connectivity index (χ1) is 13.3. The van der Waals surface area contributed by atoms with Crippen molar-refractivity contribution in [1.29, 1.82) is 0 Å². The third-order valence-corrected chi connectivity index (χ3v) is 4.32. The first-order valence-electron chi connectivity index (χ1n) is 8.68. The van der Waals surface area contributed by atoms with E-state index in [1.54, 1.807) is 49.4 Å². The molecular weight excluding hydrogens is 362 g/mol. The topological polar surface area (TPSA) is 96.0 Å². The standard InChI is InChI=1S/C20H23N3O5/c1-4-11-22(12-5-2)16(24)14-28-17(25)13-23-18(26)20(3,21-19(23)27)15-9-7-6-8-10-15/h4-10H,1-2,11-14H2,3H3,(H,21,27)/t20-/m0/s1. The Morgan fingerprint density at radius 2 is 1.79 bits per heavy atom. The van der Waals surface area contributed by atoms with Crippen LogP contribution in [0.3, 0.4) is 0 Å². The minimum Gasteiger partial charge on any atom is -0.454 e. The number of esters is 1. The van der Waals surface area contributed by atoms with Crippen LogP contribution in [0.1, 0.15) is 12.5 Å². The molecule has 0 unspecified atom stereocenters. The average Bonchev–Trinajstić information content (AvgIpc) is 2.90. The molecule has 8 nitrogen and oxygen atoms in total. The summed E-state index contributed by atoms with van der Waals surface area (Å²) in [6.07, 6.45) is 3.09. The van der Waals surface area contributed by atoms with E-state index in [1.165, 1.54) is 4.90 Å². The van der Waals surface area contributed by atoms with Crippen molar-refractivity contribution >= 4 is 23.8 Å². The Kier molecular flexibility index (Phi) is 6.70. The van der Waals surface area contributed by atoms with Gasteiger partial charge in [-0.2, -0.15) is 0 Å². The second-order valence-electron chi connectivity index (χ2n) is 6.35. The molecule has 4 amide bonds. The van der Waals surface area contributed by atoms with Crippen LogP contribution >= 0.6 is 0 Å². The molecule has 1 aromatic carbocycles. The summed E-state index contributed by atoms with van der Waals surface area (Å²) >= 11 is 0. The molecule has 28 heavy (non-hydrogen) atoms. The van der Waals surface area contributed by atoms with Crippen molar-refractivity contribution < 1.29 is 23.9 Å². The van der Waals surface area contributed by atoms with Gasteiger partial charge in [-0.1, -0.05) is 42.5 Å². The van der Waals surface area contributed by atoms with Gasteiger partial charge in [0.25, 0.3) is 11.8 Å². The van der Waals surface area contributed by atoms with Gasteiger partial charge < -0.3 is 15.0 Å².